The zero-order valence-electron chi connectivity index (χ0n) is 11.8. The zero-order chi connectivity index (χ0) is 14.5. The van der Waals surface area contributed by atoms with E-state index in [0.29, 0.717) is 5.69 Å². The van der Waals surface area contributed by atoms with Crippen LogP contribution in [-0.2, 0) is 6.42 Å². The van der Waals surface area contributed by atoms with E-state index in [1.165, 1.54) is 0 Å². The predicted molar refractivity (Wildman–Crippen MR) is 79.3 cm³/mol. The topological polar surface area (TPSA) is 83.8 Å². The van der Waals surface area contributed by atoms with Crippen LogP contribution in [0, 0.1) is 0 Å². The van der Waals surface area contributed by atoms with Gasteiger partial charge in [0, 0.05) is 0 Å². The number of aromatic nitrogens is 2. The molecule has 0 radical (unpaired) electrons. The number of amides is 1. The van der Waals surface area contributed by atoms with E-state index in [1.807, 2.05) is 37.3 Å². The van der Waals surface area contributed by atoms with Gasteiger partial charge in [-0.1, -0.05) is 43.7 Å². The first kappa shape index (κ1) is 14.1. The minimum atomic E-state index is -0.252. The summed E-state index contributed by atoms with van der Waals surface area (Å²) < 4.78 is 0. The first-order valence-corrected chi connectivity index (χ1v) is 6.82. The van der Waals surface area contributed by atoms with Gasteiger partial charge in [-0.05, 0) is 18.9 Å². The number of nitrogens with zero attached hydrogens (tertiary/aromatic N) is 1. The summed E-state index contributed by atoms with van der Waals surface area (Å²) in [7, 11) is 0. The number of anilines is 1. The Morgan fingerprint density at radius 1 is 1.40 bits per heavy atom. The third-order valence-electron chi connectivity index (χ3n) is 3.25. The highest BCUT2D eigenvalue weighted by molar-refractivity contribution is 5.97. The lowest BCUT2D eigenvalue weighted by molar-refractivity contribution is 0.0935. The molecule has 0 aliphatic rings. The van der Waals surface area contributed by atoms with Crippen molar-refractivity contribution < 1.29 is 4.79 Å². The van der Waals surface area contributed by atoms with Gasteiger partial charge < -0.3 is 11.1 Å². The number of H-pyrrole nitrogens is 1. The standard InChI is InChI=1S/C15H20N4O/c1-3-7-12-13(16)14(19-18-12)15(20)17-10(2)11-8-5-4-6-9-11/h4-6,8-10H,3,7,16H2,1-2H3,(H,17,20)(H,18,19). The number of nitrogen functional groups attached to an aromatic ring is 1. The largest absolute Gasteiger partial charge is 0.395 e. The Balaban J connectivity index is 2.09. The number of carbonyl (C=O) groups is 1. The molecule has 0 saturated carbocycles. The van der Waals surface area contributed by atoms with Crippen molar-refractivity contribution in [1.82, 2.24) is 15.5 Å². The Kier molecular flexibility index (Phi) is 4.40. The lowest BCUT2D eigenvalue weighted by Crippen LogP contribution is -2.27. The average Bonchev–Trinajstić information content (AvgIpc) is 2.82. The summed E-state index contributed by atoms with van der Waals surface area (Å²) in [6, 6.07) is 9.69. The quantitative estimate of drug-likeness (QED) is 0.781. The van der Waals surface area contributed by atoms with Crippen molar-refractivity contribution in [3.8, 4) is 0 Å². The van der Waals surface area contributed by atoms with Crippen LogP contribution in [0.5, 0.6) is 0 Å². The SMILES string of the molecule is CCCc1[nH]nc(C(=O)NC(C)c2ccccc2)c1N. The fourth-order valence-electron chi connectivity index (χ4n) is 2.09. The second kappa shape index (κ2) is 6.23. The molecule has 1 amide bonds. The van der Waals surface area contributed by atoms with Crippen molar-refractivity contribution in [2.75, 3.05) is 5.73 Å². The molecule has 0 aliphatic carbocycles. The molecule has 5 nitrogen and oxygen atoms in total. The highest BCUT2D eigenvalue weighted by Gasteiger charge is 2.18. The van der Waals surface area contributed by atoms with Gasteiger partial charge in [0.2, 0.25) is 0 Å². The number of aromatic amines is 1. The lowest BCUT2D eigenvalue weighted by Gasteiger charge is -2.13. The Morgan fingerprint density at radius 2 is 2.10 bits per heavy atom. The minimum Gasteiger partial charge on any atom is -0.395 e. The molecular weight excluding hydrogens is 252 g/mol. The maximum atomic E-state index is 12.2. The molecule has 5 heteroatoms. The Hall–Kier alpha value is -2.30. The Morgan fingerprint density at radius 3 is 2.75 bits per heavy atom. The van der Waals surface area contributed by atoms with Crippen molar-refractivity contribution >= 4 is 11.6 Å². The number of rotatable bonds is 5. The summed E-state index contributed by atoms with van der Waals surface area (Å²) in [5.74, 6) is -0.252. The summed E-state index contributed by atoms with van der Waals surface area (Å²) in [6.45, 7) is 3.99. The van der Waals surface area contributed by atoms with Crippen molar-refractivity contribution in [3.63, 3.8) is 0 Å². The molecule has 0 bridgehead atoms. The fraction of sp³-hybridized carbons (Fsp3) is 0.333. The summed E-state index contributed by atoms with van der Waals surface area (Å²) in [6.07, 6.45) is 1.74. The number of nitrogens with two attached hydrogens (primary N) is 1. The van der Waals surface area contributed by atoms with Crippen LogP contribution in [0.25, 0.3) is 0 Å². The van der Waals surface area contributed by atoms with Crippen molar-refractivity contribution in [2.24, 2.45) is 0 Å². The highest BCUT2D eigenvalue weighted by atomic mass is 16.2. The Labute approximate surface area is 118 Å². The van der Waals surface area contributed by atoms with Crippen LogP contribution >= 0.6 is 0 Å². The molecule has 106 valence electrons. The number of benzene rings is 1. The lowest BCUT2D eigenvalue weighted by atomic mass is 10.1. The van der Waals surface area contributed by atoms with E-state index in [4.69, 9.17) is 5.73 Å². The van der Waals surface area contributed by atoms with Gasteiger partial charge in [0.15, 0.2) is 5.69 Å². The van der Waals surface area contributed by atoms with E-state index in [0.717, 1.165) is 24.1 Å². The first-order chi connectivity index (χ1) is 9.63. The average molecular weight is 272 g/mol. The van der Waals surface area contributed by atoms with Gasteiger partial charge in [0.05, 0.1) is 17.4 Å². The summed E-state index contributed by atoms with van der Waals surface area (Å²) in [5.41, 5.74) is 8.54. The molecule has 20 heavy (non-hydrogen) atoms. The van der Waals surface area contributed by atoms with Gasteiger partial charge in [-0.25, -0.2) is 0 Å². The van der Waals surface area contributed by atoms with Crippen LogP contribution in [0.4, 0.5) is 5.69 Å². The van der Waals surface area contributed by atoms with E-state index in [1.54, 1.807) is 0 Å². The smallest absolute Gasteiger partial charge is 0.274 e. The van der Waals surface area contributed by atoms with Crippen LogP contribution in [0.1, 0.15) is 48.1 Å². The van der Waals surface area contributed by atoms with Gasteiger partial charge in [-0.3, -0.25) is 9.89 Å². The molecule has 0 fully saturated rings. The summed E-state index contributed by atoms with van der Waals surface area (Å²) in [4.78, 5) is 12.2. The first-order valence-electron chi connectivity index (χ1n) is 6.82. The van der Waals surface area contributed by atoms with Crippen LogP contribution in [0.2, 0.25) is 0 Å². The number of carbonyl (C=O) groups excluding carboxylic acids is 1. The molecular formula is C15H20N4O. The summed E-state index contributed by atoms with van der Waals surface area (Å²) >= 11 is 0. The highest BCUT2D eigenvalue weighted by Crippen LogP contribution is 2.17. The normalized spacial score (nSPS) is 12.1. The second-order valence-electron chi connectivity index (χ2n) is 4.82. The van der Waals surface area contributed by atoms with Crippen molar-refractivity contribution in [2.45, 2.75) is 32.7 Å². The number of aryl methyl sites for hydroxylation is 1. The van der Waals surface area contributed by atoms with Crippen LogP contribution in [0.3, 0.4) is 0 Å². The van der Waals surface area contributed by atoms with Gasteiger partial charge >= 0.3 is 0 Å². The van der Waals surface area contributed by atoms with Gasteiger partial charge in [0.25, 0.3) is 5.91 Å². The molecule has 0 spiro atoms. The van der Waals surface area contributed by atoms with E-state index in [-0.39, 0.29) is 17.6 Å². The predicted octanol–water partition coefficient (Wildman–Crippen LogP) is 2.44. The van der Waals surface area contributed by atoms with Crippen molar-refractivity contribution in [1.29, 1.82) is 0 Å². The molecule has 1 unspecified atom stereocenters. The second-order valence-corrected chi connectivity index (χ2v) is 4.82. The van der Waals surface area contributed by atoms with E-state index >= 15 is 0 Å². The van der Waals surface area contributed by atoms with Gasteiger partial charge in [-0.2, -0.15) is 5.10 Å². The van der Waals surface area contributed by atoms with Crippen molar-refractivity contribution in [3.05, 3.63) is 47.3 Å². The molecule has 2 aromatic rings. The van der Waals surface area contributed by atoms with Crippen LogP contribution < -0.4 is 11.1 Å². The number of hydrogen-bond donors (Lipinski definition) is 3. The maximum absolute atomic E-state index is 12.2. The number of nitrogens with one attached hydrogen (secondary N) is 2. The van der Waals surface area contributed by atoms with E-state index in [2.05, 4.69) is 22.4 Å². The van der Waals surface area contributed by atoms with E-state index in [9.17, 15) is 4.79 Å². The molecule has 0 saturated heterocycles. The zero-order valence-corrected chi connectivity index (χ0v) is 11.8. The van der Waals surface area contributed by atoms with E-state index < -0.39 is 0 Å². The monoisotopic (exact) mass is 272 g/mol. The Bertz CT molecular complexity index is 577. The van der Waals surface area contributed by atoms with Gasteiger partial charge in [-0.15, -0.1) is 0 Å². The fourth-order valence-corrected chi connectivity index (χ4v) is 2.09. The minimum absolute atomic E-state index is 0.0885. The van der Waals surface area contributed by atoms with Gasteiger partial charge in [0.1, 0.15) is 0 Å². The van der Waals surface area contributed by atoms with Crippen LogP contribution in [-0.4, -0.2) is 16.1 Å². The molecule has 4 N–H and O–H groups in total. The molecule has 1 aromatic carbocycles. The molecule has 0 aliphatic heterocycles. The molecule has 1 aromatic heterocycles. The number of hydrogen-bond acceptors (Lipinski definition) is 3. The molecule has 1 atom stereocenters. The third-order valence-corrected chi connectivity index (χ3v) is 3.25. The summed E-state index contributed by atoms with van der Waals surface area (Å²) in [5, 5.41) is 9.76. The third kappa shape index (κ3) is 2.99. The van der Waals surface area contributed by atoms with Crippen LogP contribution in [0.15, 0.2) is 30.3 Å². The molecule has 1 heterocycles. The molecule has 2 rings (SSSR count). The maximum Gasteiger partial charge on any atom is 0.274 e.